The van der Waals surface area contributed by atoms with Crippen LogP contribution in [0.5, 0.6) is 0 Å². The number of nitrogens with one attached hydrogen (secondary N) is 1. The summed E-state index contributed by atoms with van der Waals surface area (Å²) in [6.07, 6.45) is 0.627. The van der Waals surface area contributed by atoms with Crippen LogP contribution in [0.25, 0.3) is 21.6 Å². The maximum Gasteiger partial charge on any atom is 0.291 e. The highest BCUT2D eigenvalue weighted by Gasteiger charge is 2.48. The third-order valence-corrected chi connectivity index (χ3v) is 11.6. The molecule has 1 aromatic carbocycles. The van der Waals surface area contributed by atoms with Crippen LogP contribution < -0.4 is 9.62 Å². The number of benzene rings is 1. The number of aromatic nitrogens is 4. The molecule has 43 heavy (non-hydrogen) atoms. The molecule has 7 rings (SSSR count). The molecule has 2 aromatic heterocycles. The van der Waals surface area contributed by atoms with Crippen LogP contribution >= 0.6 is 11.3 Å². The van der Waals surface area contributed by atoms with Crippen LogP contribution in [-0.4, -0.2) is 95.0 Å². The van der Waals surface area contributed by atoms with E-state index in [9.17, 15) is 27.3 Å². The molecule has 1 aliphatic carbocycles. The molecule has 3 aliphatic heterocycles. The second kappa shape index (κ2) is 10.1. The van der Waals surface area contributed by atoms with Gasteiger partial charge in [0.25, 0.3) is 6.43 Å². The molecule has 0 radical (unpaired) electrons. The third-order valence-electron chi connectivity index (χ3n) is 9.14. The van der Waals surface area contributed by atoms with E-state index in [1.54, 1.807) is 17.8 Å². The van der Waals surface area contributed by atoms with Gasteiger partial charge < -0.3 is 14.7 Å². The molecular formula is C27H31F2N9O3S2. The number of alkyl halides is 2. The number of amides is 1. The Balaban J connectivity index is 1.30. The summed E-state index contributed by atoms with van der Waals surface area (Å²) in [6.45, 7) is 2.71. The number of nitrogens with zero attached hydrogens (tertiary/aromatic N) is 8. The summed E-state index contributed by atoms with van der Waals surface area (Å²) in [5, 5.41) is 21.8. The minimum atomic E-state index is -4.13. The van der Waals surface area contributed by atoms with Crippen LogP contribution in [0.3, 0.4) is 0 Å². The van der Waals surface area contributed by atoms with Gasteiger partial charge in [0.05, 0.1) is 28.1 Å². The molecule has 0 spiro atoms. The Morgan fingerprint density at radius 1 is 1.14 bits per heavy atom. The number of hydrogen-bond acceptors (Lipinski definition) is 10. The number of rotatable bonds is 7. The van der Waals surface area contributed by atoms with Crippen LogP contribution in [0.4, 0.5) is 14.5 Å². The number of nitriles is 1. The van der Waals surface area contributed by atoms with Crippen molar-refractivity contribution in [3.8, 4) is 16.8 Å². The van der Waals surface area contributed by atoms with Crippen LogP contribution in [-0.2, 0) is 21.9 Å². The molecule has 4 fully saturated rings. The molecule has 3 atom stereocenters. The number of fused-ring (bicyclic) bond motifs is 3. The van der Waals surface area contributed by atoms with Gasteiger partial charge in [0, 0.05) is 44.2 Å². The first-order valence-corrected chi connectivity index (χ1v) is 16.6. The van der Waals surface area contributed by atoms with Gasteiger partial charge in [-0.05, 0) is 57.8 Å². The van der Waals surface area contributed by atoms with Crippen molar-refractivity contribution in [3.63, 3.8) is 0 Å². The molecule has 2 bridgehead atoms. The fourth-order valence-electron chi connectivity index (χ4n) is 6.83. The average Bonchev–Trinajstić information content (AvgIpc) is 3.32. The predicted molar refractivity (Wildman–Crippen MR) is 154 cm³/mol. The summed E-state index contributed by atoms with van der Waals surface area (Å²) in [7, 11) is -0.381. The lowest BCUT2D eigenvalue weighted by atomic mass is 10.0. The summed E-state index contributed by atoms with van der Waals surface area (Å²) >= 11 is 0.710. The van der Waals surface area contributed by atoms with Crippen molar-refractivity contribution in [2.45, 2.75) is 61.0 Å². The lowest BCUT2D eigenvalue weighted by Crippen LogP contribution is -2.57. The van der Waals surface area contributed by atoms with Gasteiger partial charge in [-0.3, -0.25) is 9.48 Å². The molecule has 3 unspecified atom stereocenters. The molecule has 1 saturated carbocycles. The van der Waals surface area contributed by atoms with E-state index in [2.05, 4.69) is 40.8 Å². The van der Waals surface area contributed by atoms with E-state index in [4.69, 9.17) is 0 Å². The Labute approximate surface area is 251 Å². The van der Waals surface area contributed by atoms with E-state index in [-0.39, 0.29) is 39.5 Å². The first-order chi connectivity index (χ1) is 20.5. The summed E-state index contributed by atoms with van der Waals surface area (Å²) in [4.78, 5) is 19.9. The highest BCUT2D eigenvalue weighted by Crippen LogP contribution is 2.42. The smallest absolute Gasteiger partial charge is 0.291 e. The molecule has 3 saturated heterocycles. The number of anilines is 1. The summed E-state index contributed by atoms with van der Waals surface area (Å²) in [5.74, 6) is 0.188. The van der Waals surface area contributed by atoms with Gasteiger partial charge in [-0.15, -0.1) is 10.2 Å². The number of likely N-dealkylation sites (tertiary alicyclic amines) is 1. The summed E-state index contributed by atoms with van der Waals surface area (Å²) in [6, 6.07) is 5.10. The molecule has 3 aromatic rings. The fraction of sp³-hybridized carbons (Fsp3) is 0.593. The monoisotopic (exact) mass is 631 g/mol. The fourth-order valence-corrected chi connectivity index (χ4v) is 8.94. The van der Waals surface area contributed by atoms with Crippen LogP contribution in [0.2, 0.25) is 0 Å². The Morgan fingerprint density at radius 3 is 2.44 bits per heavy atom. The summed E-state index contributed by atoms with van der Waals surface area (Å²) < 4.78 is 58.2. The number of aryl methyl sites for hydroxylation is 1. The molecule has 5 heterocycles. The molecule has 16 heteroatoms. The highest BCUT2D eigenvalue weighted by molar-refractivity contribution is 7.89. The Bertz CT molecular complexity index is 1750. The number of carbonyl (C=O) groups is 1. The minimum Gasteiger partial charge on any atom is -0.366 e. The van der Waals surface area contributed by atoms with Crippen molar-refractivity contribution in [1.29, 1.82) is 5.26 Å². The maximum absolute atomic E-state index is 13.6. The second-order valence-electron chi connectivity index (χ2n) is 12.1. The zero-order valence-electron chi connectivity index (χ0n) is 23.7. The lowest BCUT2D eigenvalue weighted by Gasteiger charge is -2.43. The van der Waals surface area contributed by atoms with Gasteiger partial charge in [0.2, 0.25) is 15.9 Å². The maximum atomic E-state index is 13.6. The highest BCUT2D eigenvalue weighted by atomic mass is 32.2. The second-order valence-corrected chi connectivity index (χ2v) is 14.8. The molecule has 228 valence electrons. The summed E-state index contributed by atoms with van der Waals surface area (Å²) in [5.41, 5.74) is 0.366. The third kappa shape index (κ3) is 4.86. The van der Waals surface area contributed by atoms with Crippen molar-refractivity contribution in [2.24, 2.45) is 13.0 Å². The van der Waals surface area contributed by atoms with Crippen LogP contribution in [0.1, 0.15) is 43.5 Å². The van der Waals surface area contributed by atoms with E-state index in [1.165, 1.54) is 6.07 Å². The zero-order chi connectivity index (χ0) is 30.3. The van der Waals surface area contributed by atoms with E-state index >= 15 is 0 Å². The standard InChI is InChI=1S/C27H31F2N9O3S2/c1-35-8-5-15(11-35)26(39)38-16-3-4-17(38)13-37(12-16)20-10-18(43(40,41)34-27(14-30)6-7-27)9-19-21(33-36(2)22(19)20)24-31-32-25(42-24)23(28)29/h9-10,15-17,23,34H,3-8,11-13H2,1-2H3. The van der Waals surface area contributed by atoms with Crippen LogP contribution in [0, 0.1) is 17.2 Å². The van der Waals surface area contributed by atoms with Crippen molar-refractivity contribution < 1.29 is 22.0 Å². The largest absolute Gasteiger partial charge is 0.366 e. The van der Waals surface area contributed by atoms with E-state index < -0.39 is 27.0 Å². The predicted octanol–water partition coefficient (Wildman–Crippen LogP) is 2.50. The molecule has 1 amide bonds. The topological polar surface area (TPSA) is 140 Å². The zero-order valence-corrected chi connectivity index (χ0v) is 25.3. The first kappa shape index (κ1) is 28.5. The Hall–Kier alpha value is -3.26. The van der Waals surface area contributed by atoms with Gasteiger partial charge in [-0.25, -0.2) is 17.2 Å². The minimum absolute atomic E-state index is 0.00884. The molecular weight excluding hydrogens is 600 g/mol. The van der Waals surface area contributed by atoms with Gasteiger partial charge in [-0.2, -0.15) is 15.1 Å². The normalized spacial score (nSPS) is 25.2. The van der Waals surface area contributed by atoms with Crippen molar-refractivity contribution in [3.05, 3.63) is 17.1 Å². The molecule has 1 N–H and O–H groups in total. The van der Waals surface area contributed by atoms with E-state index in [0.717, 1.165) is 32.4 Å². The number of hydrogen-bond donors (Lipinski definition) is 1. The van der Waals surface area contributed by atoms with Crippen LogP contribution in [0.15, 0.2) is 17.0 Å². The van der Waals surface area contributed by atoms with Gasteiger partial charge in [0.1, 0.15) is 11.2 Å². The first-order valence-electron chi connectivity index (χ1n) is 14.3. The number of piperazine rings is 1. The van der Waals surface area contributed by atoms with Gasteiger partial charge in [-0.1, -0.05) is 11.3 Å². The molecule has 12 nitrogen and oxygen atoms in total. The Morgan fingerprint density at radius 2 is 1.86 bits per heavy atom. The average molecular weight is 632 g/mol. The van der Waals surface area contributed by atoms with E-state index in [0.29, 0.717) is 53.9 Å². The van der Waals surface area contributed by atoms with Crippen molar-refractivity contribution >= 4 is 43.9 Å². The number of sulfonamides is 1. The number of halogens is 2. The van der Waals surface area contributed by atoms with Crippen molar-refractivity contribution in [2.75, 3.05) is 38.1 Å². The van der Waals surface area contributed by atoms with E-state index in [1.807, 2.05) is 7.05 Å². The molecule has 4 aliphatic rings. The van der Waals surface area contributed by atoms with Gasteiger partial charge in [0.15, 0.2) is 10.0 Å². The Kier molecular flexibility index (Phi) is 6.73. The van der Waals surface area contributed by atoms with Crippen molar-refractivity contribution in [1.82, 2.24) is 34.5 Å². The quantitative estimate of drug-likeness (QED) is 0.417. The van der Waals surface area contributed by atoms with Gasteiger partial charge >= 0.3 is 0 Å². The number of carbonyl (C=O) groups excluding carboxylic acids is 1. The SMILES string of the molecule is CN1CCC(C(=O)N2C3CCC2CN(c2cc(S(=O)(=O)NC4(C#N)CC4)cc4c(-c5nnc(C(F)F)s5)nn(C)c24)C3)C1. The lowest BCUT2D eigenvalue weighted by molar-refractivity contribution is -0.138.